The van der Waals surface area contributed by atoms with E-state index in [0.29, 0.717) is 50.7 Å². The lowest BCUT2D eigenvalue weighted by atomic mass is 10.1. The summed E-state index contributed by atoms with van der Waals surface area (Å²) in [6.45, 7) is 2.07. The van der Waals surface area contributed by atoms with Crippen LogP contribution in [-0.2, 0) is 35.0 Å². The molecule has 0 unspecified atom stereocenters. The molecule has 0 radical (unpaired) electrons. The van der Waals surface area contributed by atoms with Gasteiger partial charge in [0.1, 0.15) is 12.3 Å². The number of nitrogens with zero attached hydrogens (tertiary/aromatic N) is 3. The number of hydrogen-bond acceptors (Lipinski definition) is 5. The van der Waals surface area contributed by atoms with Crippen LogP contribution in [0.2, 0.25) is 0 Å². The molecule has 1 fully saturated rings. The molecule has 1 aliphatic rings. The number of ether oxygens (including phenoxy) is 1. The fraction of sp³-hybridized carbons (Fsp3) is 0.379. The number of hydrogen-bond donors (Lipinski definition) is 1. The standard InChI is InChI=1S/C29H30F6N4O4/c30-28(31,32)22-15-23(29(33,34)35)17-24(16-22)36-27(41)38(9-8-37-10-13-42-14-11-37)20-26(40)39(19-25-7-4-12-43-25)18-21-5-2-1-3-6-21/h1-7,12,15-17H,8-11,13-14,18-20H2,(H,36,41). The number of furan rings is 1. The topological polar surface area (TPSA) is 78.3 Å². The van der Waals surface area contributed by atoms with Crippen molar-refractivity contribution in [1.82, 2.24) is 14.7 Å². The van der Waals surface area contributed by atoms with Crippen LogP contribution in [0.3, 0.4) is 0 Å². The number of rotatable bonds is 10. The first-order valence-electron chi connectivity index (χ1n) is 13.4. The third-order valence-corrected chi connectivity index (χ3v) is 6.74. The molecule has 1 N–H and O–H groups in total. The number of urea groups is 1. The third-order valence-electron chi connectivity index (χ3n) is 6.74. The van der Waals surface area contributed by atoms with E-state index < -0.39 is 47.6 Å². The average Bonchev–Trinajstić information content (AvgIpc) is 3.48. The van der Waals surface area contributed by atoms with Crippen LogP contribution < -0.4 is 5.32 Å². The number of benzene rings is 2. The smallest absolute Gasteiger partial charge is 0.416 e. The molecule has 0 spiro atoms. The minimum atomic E-state index is -5.09. The zero-order chi connectivity index (χ0) is 31.0. The van der Waals surface area contributed by atoms with Crippen molar-refractivity contribution >= 4 is 17.6 Å². The van der Waals surface area contributed by atoms with Gasteiger partial charge in [0.05, 0.1) is 37.1 Å². The summed E-state index contributed by atoms with van der Waals surface area (Å²) in [5.74, 6) is -0.0188. The summed E-state index contributed by atoms with van der Waals surface area (Å²) in [6, 6.07) is 12.2. The molecule has 0 atom stereocenters. The number of carbonyl (C=O) groups is 2. The fourth-order valence-corrected chi connectivity index (χ4v) is 4.46. The van der Waals surface area contributed by atoms with Crippen LogP contribution in [0.25, 0.3) is 0 Å². The Labute approximate surface area is 243 Å². The van der Waals surface area contributed by atoms with Gasteiger partial charge in [-0.05, 0) is 35.9 Å². The van der Waals surface area contributed by atoms with Crippen molar-refractivity contribution in [3.63, 3.8) is 0 Å². The van der Waals surface area contributed by atoms with Crippen molar-refractivity contribution in [3.05, 3.63) is 89.4 Å². The summed E-state index contributed by atoms with van der Waals surface area (Å²) >= 11 is 0. The average molecular weight is 613 g/mol. The van der Waals surface area contributed by atoms with Gasteiger partial charge in [0.15, 0.2) is 0 Å². The van der Waals surface area contributed by atoms with E-state index in [1.165, 1.54) is 11.2 Å². The third kappa shape index (κ3) is 9.48. The van der Waals surface area contributed by atoms with E-state index in [1.807, 2.05) is 23.1 Å². The Balaban J connectivity index is 1.57. The van der Waals surface area contributed by atoms with Crippen LogP contribution in [0.15, 0.2) is 71.3 Å². The largest absolute Gasteiger partial charge is 0.467 e. The zero-order valence-electron chi connectivity index (χ0n) is 23.0. The number of alkyl halides is 6. The van der Waals surface area contributed by atoms with E-state index in [4.69, 9.17) is 9.15 Å². The number of morpholine rings is 1. The fourth-order valence-electron chi connectivity index (χ4n) is 4.46. The van der Waals surface area contributed by atoms with Crippen molar-refractivity contribution in [1.29, 1.82) is 0 Å². The molecule has 2 aromatic carbocycles. The monoisotopic (exact) mass is 612 g/mol. The molecule has 3 amide bonds. The van der Waals surface area contributed by atoms with E-state index in [0.717, 1.165) is 10.5 Å². The van der Waals surface area contributed by atoms with Crippen LogP contribution in [-0.4, -0.2) is 72.6 Å². The summed E-state index contributed by atoms with van der Waals surface area (Å²) in [7, 11) is 0. The molecular formula is C29H30F6N4O4. The van der Waals surface area contributed by atoms with E-state index in [2.05, 4.69) is 5.32 Å². The van der Waals surface area contributed by atoms with Gasteiger partial charge in [-0.2, -0.15) is 26.3 Å². The van der Waals surface area contributed by atoms with Crippen molar-refractivity contribution in [2.45, 2.75) is 25.4 Å². The Bertz CT molecular complexity index is 1310. The van der Waals surface area contributed by atoms with Gasteiger partial charge in [-0.1, -0.05) is 30.3 Å². The van der Waals surface area contributed by atoms with Crippen LogP contribution >= 0.6 is 0 Å². The normalized spacial score (nSPS) is 14.4. The molecule has 0 aliphatic carbocycles. The number of nitrogens with one attached hydrogen (secondary N) is 1. The van der Waals surface area contributed by atoms with Crippen molar-refractivity contribution in [3.8, 4) is 0 Å². The van der Waals surface area contributed by atoms with Gasteiger partial charge in [0, 0.05) is 38.4 Å². The lowest BCUT2D eigenvalue weighted by Gasteiger charge is -2.31. The first-order valence-corrected chi connectivity index (χ1v) is 13.4. The van der Waals surface area contributed by atoms with Crippen LogP contribution in [0.4, 0.5) is 36.8 Å². The van der Waals surface area contributed by atoms with Crippen molar-refractivity contribution in [2.75, 3.05) is 51.3 Å². The van der Waals surface area contributed by atoms with Gasteiger partial charge >= 0.3 is 18.4 Å². The van der Waals surface area contributed by atoms with Gasteiger partial charge in [-0.15, -0.1) is 0 Å². The second-order valence-corrected chi connectivity index (χ2v) is 9.92. The maximum absolute atomic E-state index is 13.6. The van der Waals surface area contributed by atoms with Gasteiger partial charge in [-0.25, -0.2) is 4.79 Å². The highest BCUT2D eigenvalue weighted by molar-refractivity contribution is 5.92. The van der Waals surface area contributed by atoms with Crippen LogP contribution in [0.1, 0.15) is 22.5 Å². The Kier molecular flexibility index (Phi) is 10.3. The maximum Gasteiger partial charge on any atom is 0.416 e. The van der Waals surface area contributed by atoms with Crippen LogP contribution in [0.5, 0.6) is 0 Å². The molecule has 1 saturated heterocycles. The number of halogens is 6. The SMILES string of the molecule is O=C(CN(CCN1CCOCC1)C(=O)Nc1cc(C(F)(F)F)cc(C(F)(F)F)c1)N(Cc1ccccc1)Cc1ccco1. The highest BCUT2D eigenvalue weighted by Gasteiger charge is 2.37. The predicted molar refractivity (Wildman–Crippen MR) is 144 cm³/mol. The minimum absolute atomic E-state index is 0.0224. The molecule has 0 saturated carbocycles. The molecule has 4 rings (SSSR count). The predicted octanol–water partition coefficient (Wildman–Crippen LogP) is 5.71. The Morgan fingerprint density at radius 3 is 2.07 bits per heavy atom. The second-order valence-electron chi connectivity index (χ2n) is 9.92. The molecule has 1 aromatic heterocycles. The summed E-state index contributed by atoms with van der Waals surface area (Å²) in [5, 5.41) is 2.15. The highest BCUT2D eigenvalue weighted by atomic mass is 19.4. The summed E-state index contributed by atoms with van der Waals surface area (Å²) in [4.78, 5) is 31.5. The Morgan fingerprint density at radius 1 is 0.837 bits per heavy atom. The minimum Gasteiger partial charge on any atom is -0.467 e. The van der Waals surface area contributed by atoms with Gasteiger partial charge < -0.3 is 24.3 Å². The summed E-state index contributed by atoms with van der Waals surface area (Å²) < 4.78 is 91.1. The molecule has 14 heteroatoms. The molecule has 43 heavy (non-hydrogen) atoms. The lowest BCUT2D eigenvalue weighted by Crippen LogP contribution is -2.48. The first kappa shape index (κ1) is 31.9. The highest BCUT2D eigenvalue weighted by Crippen LogP contribution is 2.37. The Hall–Kier alpha value is -4.04. The lowest BCUT2D eigenvalue weighted by molar-refractivity contribution is -0.143. The van der Waals surface area contributed by atoms with E-state index >= 15 is 0 Å². The van der Waals surface area contributed by atoms with Crippen molar-refractivity contribution < 1.29 is 45.1 Å². The van der Waals surface area contributed by atoms with E-state index in [1.54, 1.807) is 24.3 Å². The zero-order valence-corrected chi connectivity index (χ0v) is 23.0. The van der Waals surface area contributed by atoms with Crippen molar-refractivity contribution in [2.24, 2.45) is 0 Å². The van der Waals surface area contributed by atoms with Crippen LogP contribution in [0, 0.1) is 0 Å². The number of anilines is 1. The molecule has 0 bridgehead atoms. The molecular weight excluding hydrogens is 582 g/mol. The first-order chi connectivity index (χ1) is 20.4. The van der Waals surface area contributed by atoms with E-state index in [9.17, 15) is 35.9 Å². The van der Waals surface area contributed by atoms with Gasteiger partial charge in [0.2, 0.25) is 5.91 Å². The quantitative estimate of drug-likeness (QED) is 0.297. The number of amides is 3. The maximum atomic E-state index is 13.6. The molecule has 232 valence electrons. The molecule has 1 aliphatic heterocycles. The summed E-state index contributed by atoms with van der Waals surface area (Å²) in [6.07, 6.45) is -8.72. The van der Waals surface area contributed by atoms with Gasteiger partial charge in [-0.3, -0.25) is 9.69 Å². The van der Waals surface area contributed by atoms with E-state index in [-0.39, 0.29) is 25.7 Å². The Morgan fingerprint density at radius 2 is 1.49 bits per heavy atom. The summed E-state index contributed by atoms with van der Waals surface area (Å²) in [5.41, 5.74) is -3.04. The molecule has 8 nitrogen and oxygen atoms in total. The molecule has 2 heterocycles. The second kappa shape index (κ2) is 14.0. The number of carbonyl (C=O) groups excluding carboxylic acids is 2. The van der Waals surface area contributed by atoms with Gasteiger partial charge in [0.25, 0.3) is 0 Å². The molecule has 3 aromatic rings.